The summed E-state index contributed by atoms with van der Waals surface area (Å²) in [6.45, 7) is 7.78. The third-order valence-electron chi connectivity index (χ3n) is 0.924. The van der Waals surface area contributed by atoms with Crippen LogP contribution in [-0.2, 0) is 19.3 Å². The summed E-state index contributed by atoms with van der Waals surface area (Å²) in [5.41, 5.74) is 0.107. The molecule has 0 aromatic heterocycles. The summed E-state index contributed by atoms with van der Waals surface area (Å²) in [6.07, 6.45) is -0.504. The van der Waals surface area contributed by atoms with Crippen LogP contribution in [0.2, 0.25) is 0 Å². The minimum absolute atomic E-state index is 0. The van der Waals surface area contributed by atoms with Gasteiger partial charge < -0.3 is 1.43 Å². The summed E-state index contributed by atoms with van der Waals surface area (Å²) < 4.78 is 28.1. The molecule has 0 saturated carbocycles. The molecular formula is C7H14NNaO4S. The molecule has 0 aliphatic heterocycles. The van der Waals surface area contributed by atoms with Crippen LogP contribution >= 0.6 is 0 Å². The quantitative estimate of drug-likeness (QED) is 0.427. The van der Waals surface area contributed by atoms with Gasteiger partial charge in [0.15, 0.2) is 0 Å². The molecule has 0 saturated heterocycles. The number of rotatable bonds is 4. The van der Waals surface area contributed by atoms with Gasteiger partial charge in [0.05, 0.1) is 6.10 Å². The fourth-order valence-corrected chi connectivity index (χ4v) is 1.43. The number of carbonyl (C=O) groups excluding carboxylic acids is 1. The second-order valence-corrected chi connectivity index (χ2v) is 4.12. The van der Waals surface area contributed by atoms with Gasteiger partial charge >= 0.3 is 39.9 Å². The Hall–Kier alpha value is 0.120. The standard InChI is InChI=1S/C7H13NO4S.Na.H/c1-5(2)7(9)8-13(10,11)12-6(3)4;;/h6H,1H2,2-4H3,(H,8,9);;/q;+1;-1. The van der Waals surface area contributed by atoms with Gasteiger partial charge in [0.2, 0.25) is 0 Å². The van der Waals surface area contributed by atoms with E-state index >= 15 is 0 Å². The van der Waals surface area contributed by atoms with Crippen molar-refractivity contribution in [3.63, 3.8) is 0 Å². The molecule has 1 amide bonds. The SMILES string of the molecule is C=C(C)C(=O)NS(=O)(=O)OC(C)C.[H-].[Na+]. The van der Waals surface area contributed by atoms with Crippen LogP contribution in [0.4, 0.5) is 0 Å². The Kier molecular flexibility index (Phi) is 7.77. The molecule has 0 aliphatic carbocycles. The van der Waals surface area contributed by atoms with Crippen molar-refractivity contribution in [2.24, 2.45) is 0 Å². The van der Waals surface area contributed by atoms with Gasteiger partial charge in [0.25, 0.3) is 5.91 Å². The van der Waals surface area contributed by atoms with E-state index in [1.165, 1.54) is 6.92 Å². The van der Waals surface area contributed by atoms with Crippen molar-refractivity contribution >= 4 is 16.2 Å². The molecule has 0 spiro atoms. The molecule has 5 nitrogen and oxygen atoms in total. The first-order chi connectivity index (χ1) is 5.74. The minimum Gasteiger partial charge on any atom is -1.00 e. The molecule has 0 bridgehead atoms. The summed E-state index contributed by atoms with van der Waals surface area (Å²) in [6, 6.07) is 0. The zero-order valence-electron chi connectivity index (χ0n) is 9.83. The zero-order valence-corrected chi connectivity index (χ0v) is 11.6. The van der Waals surface area contributed by atoms with E-state index in [1.54, 1.807) is 18.6 Å². The average Bonchev–Trinajstić information content (AvgIpc) is 1.81. The maximum atomic E-state index is 11.0. The number of amides is 1. The van der Waals surface area contributed by atoms with Crippen LogP contribution in [0.3, 0.4) is 0 Å². The van der Waals surface area contributed by atoms with Crippen LogP contribution in [0.25, 0.3) is 0 Å². The van der Waals surface area contributed by atoms with Gasteiger partial charge in [-0.2, -0.15) is 8.42 Å². The molecule has 0 aliphatic rings. The number of hydrogen-bond acceptors (Lipinski definition) is 4. The van der Waals surface area contributed by atoms with Crippen LogP contribution in [-0.4, -0.2) is 20.4 Å². The molecule has 0 aromatic carbocycles. The maximum Gasteiger partial charge on any atom is 1.00 e. The first kappa shape index (κ1) is 16.5. The Balaban J connectivity index is -0.000000720. The van der Waals surface area contributed by atoms with E-state index < -0.39 is 22.3 Å². The summed E-state index contributed by atoms with van der Waals surface area (Å²) >= 11 is 0. The molecule has 0 fully saturated rings. The molecule has 0 heterocycles. The van der Waals surface area contributed by atoms with E-state index in [2.05, 4.69) is 10.8 Å². The zero-order chi connectivity index (χ0) is 10.6. The van der Waals surface area contributed by atoms with Gasteiger partial charge in [0, 0.05) is 5.57 Å². The van der Waals surface area contributed by atoms with Crippen molar-refractivity contribution in [3.8, 4) is 0 Å². The summed E-state index contributed by atoms with van der Waals surface area (Å²) in [5.74, 6) is -0.763. The molecule has 0 unspecified atom stereocenters. The van der Waals surface area contributed by atoms with Gasteiger partial charge in [0.1, 0.15) is 0 Å². The van der Waals surface area contributed by atoms with E-state index in [0.29, 0.717) is 0 Å². The minimum atomic E-state index is -3.99. The van der Waals surface area contributed by atoms with Crippen molar-refractivity contribution in [1.29, 1.82) is 0 Å². The first-order valence-electron chi connectivity index (χ1n) is 3.65. The van der Waals surface area contributed by atoms with Crippen molar-refractivity contribution in [3.05, 3.63) is 12.2 Å². The molecular weight excluding hydrogens is 217 g/mol. The predicted octanol–water partition coefficient (Wildman–Crippen LogP) is -2.53. The van der Waals surface area contributed by atoms with Gasteiger partial charge in [-0.15, -0.1) is 0 Å². The topological polar surface area (TPSA) is 72.5 Å². The van der Waals surface area contributed by atoms with Gasteiger partial charge in [-0.25, -0.2) is 4.72 Å². The third kappa shape index (κ3) is 7.52. The molecule has 14 heavy (non-hydrogen) atoms. The largest absolute Gasteiger partial charge is 1.00 e. The molecule has 7 heteroatoms. The van der Waals surface area contributed by atoms with E-state index in [-0.39, 0.29) is 36.6 Å². The molecule has 0 radical (unpaired) electrons. The Morgan fingerprint density at radius 1 is 1.50 bits per heavy atom. The monoisotopic (exact) mass is 231 g/mol. The second-order valence-electron chi connectivity index (χ2n) is 2.81. The van der Waals surface area contributed by atoms with Gasteiger partial charge in [-0.3, -0.25) is 8.98 Å². The van der Waals surface area contributed by atoms with Crippen molar-refractivity contribution in [2.45, 2.75) is 26.9 Å². The number of carbonyl (C=O) groups is 1. The van der Waals surface area contributed by atoms with Crippen molar-refractivity contribution in [1.82, 2.24) is 4.72 Å². The van der Waals surface area contributed by atoms with Crippen LogP contribution < -0.4 is 34.3 Å². The maximum absolute atomic E-state index is 11.0. The first-order valence-corrected chi connectivity index (χ1v) is 5.06. The molecule has 78 valence electrons. The Morgan fingerprint density at radius 3 is 2.21 bits per heavy atom. The summed E-state index contributed by atoms with van der Waals surface area (Å²) in [4.78, 5) is 10.9. The Morgan fingerprint density at radius 2 is 1.93 bits per heavy atom. The van der Waals surface area contributed by atoms with E-state index in [1.807, 2.05) is 0 Å². The fraction of sp³-hybridized carbons (Fsp3) is 0.571. The van der Waals surface area contributed by atoms with E-state index in [9.17, 15) is 13.2 Å². The van der Waals surface area contributed by atoms with Crippen LogP contribution in [0.5, 0.6) is 0 Å². The smallest absolute Gasteiger partial charge is 1.00 e. The summed E-state index contributed by atoms with van der Waals surface area (Å²) in [5, 5.41) is 0. The van der Waals surface area contributed by atoms with Crippen LogP contribution in [0.15, 0.2) is 12.2 Å². The van der Waals surface area contributed by atoms with Crippen molar-refractivity contribution < 1.29 is 48.4 Å². The van der Waals surface area contributed by atoms with E-state index in [4.69, 9.17) is 0 Å². The number of nitrogens with one attached hydrogen (secondary N) is 1. The van der Waals surface area contributed by atoms with Crippen molar-refractivity contribution in [2.75, 3.05) is 0 Å². The van der Waals surface area contributed by atoms with Gasteiger partial charge in [-0.05, 0) is 20.8 Å². The van der Waals surface area contributed by atoms with Crippen LogP contribution in [0, 0.1) is 0 Å². The molecule has 0 atom stereocenters. The Bertz CT molecular complexity index is 315. The molecule has 0 aromatic rings. The second kappa shape index (κ2) is 6.58. The molecule has 0 rings (SSSR count). The summed E-state index contributed by atoms with van der Waals surface area (Å²) in [7, 11) is -3.99. The molecule has 1 N–H and O–H groups in total. The fourth-order valence-electron chi connectivity index (χ4n) is 0.478. The average molecular weight is 231 g/mol. The third-order valence-corrected chi connectivity index (χ3v) is 2.00. The normalized spacial score (nSPS) is 10.6. The van der Waals surface area contributed by atoms with Gasteiger partial charge in [-0.1, -0.05) is 6.58 Å². The number of hydrogen-bond donors (Lipinski definition) is 1. The Labute approximate surface area is 108 Å². The predicted molar refractivity (Wildman–Crippen MR) is 49.2 cm³/mol. The van der Waals surface area contributed by atoms with Crippen LogP contribution in [0.1, 0.15) is 22.2 Å². The van der Waals surface area contributed by atoms with E-state index in [0.717, 1.165) is 0 Å².